The molecule has 0 radical (unpaired) electrons. The molecule has 0 saturated heterocycles. The summed E-state index contributed by atoms with van der Waals surface area (Å²) in [7, 11) is 0. The number of fused-ring (bicyclic) bond motifs is 3. The standard InChI is InChI=1S/C18H10O4/c19-12-1-2-14-9(4-12)3-10-6-15-11(7-16(10)18(14)22)5-13(20)8-17(15)21/h1-8,19-20H. The average molecular weight is 290 g/mol. The summed E-state index contributed by atoms with van der Waals surface area (Å²) in [6.45, 7) is 0. The van der Waals surface area contributed by atoms with Crippen LogP contribution in [0.2, 0.25) is 0 Å². The summed E-state index contributed by atoms with van der Waals surface area (Å²) in [6.07, 6.45) is 4.40. The van der Waals surface area contributed by atoms with Crippen molar-refractivity contribution in [2.75, 3.05) is 0 Å². The van der Waals surface area contributed by atoms with Crippen LogP contribution in [0.4, 0.5) is 0 Å². The van der Waals surface area contributed by atoms with Crippen LogP contribution in [0.5, 0.6) is 5.75 Å². The largest absolute Gasteiger partial charge is 0.508 e. The van der Waals surface area contributed by atoms with Gasteiger partial charge in [-0.05, 0) is 58.5 Å². The fourth-order valence-corrected chi connectivity index (χ4v) is 2.88. The number of ketones is 2. The molecule has 2 aromatic rings. The van der Waals surface area contributed by atoms with Crippen LogP contribution in [0.1, 0.15) is 31.8 Å². The number of phenols is 1. The van der Waals surface area contributed by atoms with Gasteiger partial charge in [-0.1, -0.05) is 0 Å². The minimum Gasteiger partial charge on any atom is -0.508 e. The molecule has 0 bridgehead atoms. The van der Waals surface area contributed by atoms with Gasteiger partial charge in [0.2, 0.25) is 0 Å². The Morgan fingerprint density at radius 1 is 0.727 bits per heavy atom. The summed E-state index contributed by atoms with van der Waals surface area (Å²) in [5, 5.41) is 20.3. The summed E-state index contributed by atoms with van der Waals surface area (Å²) in [6, 6.07) is 7.85. The summed E-state index contributed by atoms with van der Waals surface area (Å²) in [4.78, 5) is 24.6. The second-order valence-electron chi connectivity index (χ2n) is 5.35. The molecule has 0 spiro atoms. The fraction of sp³-hybridized carbons (Fsp3) is 0. The lowest BCUT2D eigenvalue weighted by molar-refractivity contribution is 0.102. The zero-order chi connectivity index (χ0) is 15.4. The smallest absolute Gasteiger partial charge is 0.194 e. The van der Waals surface area contributed by atoms with E-state index < -0.39 is 0 Å². The van der Waals surface area contributed by atoms with Gasteiger partial charge in [-0.15, -0.1) is 0 Å². The second kappa shape index (κ2) is 4.18. The molecule has 0 unspecified atom stereocenters. The number of allylic oxidation sites excluding steroid dienone is 2. The number of aliphatic hydroxyl groups excluding tert-OH is 1. The lowest BCUT2D eigenvalue weighted by atomic mass is 9.88. The van der Waals surface area contributed by atoms with E-state index in [0.717, 1.165) is 6.08 Å². The molecule has 0 aromatic heterocycles. The molecule has 2 aromatic carbocycles. The molecule has 0 amide bonds. The number of carbonyl (C=O) groups is 2. The van der Waals surface area contributed by atoms with Gasteiger partial charge in [0, 0.05) is 22.8 Å². The van der Waals surface area contributed by atoms with Crippen molar-refractivity contribution in [3.05, 3.63) is 74.9 Å². The molecule has 106 valence electrons. The van der Waals surface area contributed by atoms with Gasteiger partial charge in [-0.3, -0.25) is 9.59 Å². The van der Waals surface area contributed by atoms with Crippen molar-refractivity contribution in [2.45, 2.75) is 0 Å². The van der Waals surface area contributed by atoms with Gasteiger partial charge in [0.05, 0.1) is 0 Å². The van der Waals surface area contributed by atoms with E-state index in [9.17, 15) is 19.8 Å². The van der Waals surface area contributed by atoms with E-state index in [-0.39, 0.29) is 23.1 Å². The molecular formula is C18H10O4. The topological polar surface area (TPSA) is 74.6 Å². The lowest BCUT2D eigenvalue weighted by Crippen LogP contribution is -2.29. The first-order valence-electron chi connectivity index (χ1n) is 6.73. The molecule has 4 nitrogen and oxygen atoms in total. The van der Waals surface area contributed by atoms with E-state index in [1.54, 1.807) is 24.3 Å². The van der Waals surface area contributed by atoms with Crippen molar-refractivity contribution in [2.24, 2.45) is 0 Å². The Labute approximate surface area is 125 Å². The van der Waals surface area contributed by atoms with Gasteiger partial charge in [-0.25, -0.2) is 0 Å². The summed E-state index contributed by atoms with van der Waals surface area (Å²) in [5.41, 5.74) is 2.06. The Bertz CT molecular complexity index is 1030. The van der Waals surface area contributed by atoms with E-state index in [1.807, 2.05) is 0 Å². The highest BCUT2D eigenvalue weighted by Gasteiger charge is 2.21. The normalized spacial score (nSPS) is 15.0. The van der Waals surface area contributed by atoms with Crippen LogP contribution in [-0.4, -0.2) is 21.8 Å². The summed E-state index contributed by atoms with van der Waals surface area (Å²) in [5.74, 6) is -0.484. The van der Waals surface area contributed by atoms with E-state index >= 15 is 0 Å². The highest BCUT2D eigenvalue weighted by molar-refractivity contribution is 6.14. The maximum Gasteiger partial charge on any atom is 0.194 e. The Kier molecular flexibility index (Phi) is 2.39. The lowest BCUT2D eigenvalue weighted by Gasteiger charge is -2.14. The molecule has 0 fully saturated rings. The van der Waals surface area contributed by atoms with Crippen LogP contribution >= 0.6 is 0 Å². The van der Waals surface area contributed by atoms with Gasteiger partial charge in [0.1, 0.15) is 11.5 Å². The average Bonchev–Trinajstić information content (AvgIpc) is 2.46. The molecular weight excluding hydrogens is 280 g/mol. The first-order chi connectivity index (χ1) is 10.5. The van der Waals surface area contributed by atoms with Crippen LogP contribution in [0.25, 0.3) is 12.2 Å². The third kappa shape index (κ3) is 1.71. The molecule has 22 heavy (non-hydrogen) atoms. The van der Waals surface area contributed by atoms with Crippen molar-refractivity contribution in [3.63, 3.8) is 0 Å². The second-order valence-corrected chi connectivity index (χ2v) is 5.35. The Morgan fingerprint density at radius 2 is 1.45 bits per heavy atom. The van der Waals surface area contributed by atoms with Gasteiger partial charge in [0.25, 0.3) is 0 Å². The molecule has 0 heterocycles. The van der Waals surface area contributed by atoms with Crippen molar-refractivity contribution < 1.29 is 19.8 Å². The van der Waals surface area contributed by atoms with E-state index in [2.05, 4.69) is 0 Å². The van der Waals surface area contributed by atoms with Crippen LogP contribution in [0, 0.1) is 0 Å². The molecule has 0 aliphatic heterocycles. The van der Waals surface area contributed by atoms with Crippen LogP contribution < -0.4 is 10.4 Å². The molecule has 2 N–H and O–H groups in total. The number of benzene rings is 2. The molecule has 4 heteroatoms. The van der Waals surface area contributed by atoms with Crippen LogP contribution in [0.15, 0.2) is 42.2 Å². The first kappa shape index (κ1) is 12.6. The van der Waals surface area contributed by atoms with E-state index in [1.165, 1.54) is 18.2 Å². The maximum atomic E-state index is 12.6. The van der Waals surface area contributed by atoms with Gasteiger partial charge in [-0.2, -0.15) is 0 Å². The number of rotatable bonds is 0. The number of aromatic hydroxyl groups is 1. The number of hydrogen-bond acceptors (Lipinski definition) is 4. The monoisotopic (exact) mass is 290 g/mol. The molecule has 2 aliphatic carbocycles. The number of hydrogen-bond donors (Lipinski definition) is 2. The Balaban J connectivity index is 2.07. The number of phenolic OH excluding ortho intramolecular Hbond substituents is 1. The van der Waals surface area contributed by atoms with Gasteiger partial charge in [0.15, 0.2) is 11.6 Å². The molecule has 0 saturated carbocycles. The van der Waals surface area contributed by atoms with Crippen molar-refractivity contribution in [1.82, 2.24) is 0 Å². The summed E-state index contributed by atoms with van der Waals surface area (Å²) >= 11 is 0. The van der Waals surface area contributed by atoms with Crippen LogP contribution in [0.3, 0.4) is 0 Å². The first-order valence-corrected chi connectivity index (χ1v) is 6.73. The predicted molar refractivity (Wildman–Crippen MR) is 80.3 cm³/mol. The van der Waals surface area contributed by atoms with Crippen molar-refractivity contribution in [1.29, 1.82) is 0 Å². The minimum atomic E-state index is -0.291. The van der Waals surface area contributed by atoms with Gasteiger partial charge >= 0.3 is 0 Å². The van der Waals surface area contributed by atoms with Crippen LogP contribution in [-0.2, 0) is 0 Å². The molecule has 2 aliphatic rings. The zero-order valence-corrected chi connectivity index (χ0v) is 11.3. The Hall–Kier alpha value is -3.14. The zero-order valence-electron chi connectivity index (χ0n) is 11.3. The number of carbonyl (C=O) groups excluding carboxylic acids is 2. The fourth-order valence-electron chi connectivity index (χ4n) is 2.88. The highest BCUT2D eigenvalue weighted by Crippen LogP contribution is 2.22. The SMILES string of the molecule is O=C1C=C(O)C=c2cc3c(cc21)=Cc1cc(O)ccc1C3=O. The Morgan fingerprint density at radius 3 is 2.27 bits per heavy atom. The highest BCUT2D eigenvalue weighted by atomic mass is 16.3. The van der Waals surface area contributed by atoms with Gasteiger partial charge < -0.3 is 10.2 Å². The minimum absolute atomic E-state index is 0.0847. The third-order valence-corrected chi connectivity index (χ3v) is 3.90. The summed E-state index contributed by atoms with van der Waals surface area (Å²) < 4.78 is 0. The third-order valence-electron chi connectivity index (χ3n) is 3.90. The van der Waals surface area contributed by atoms with Crippen molar-refractivity contribution >= 4 is 23.7 Å². The molecule has 4 rings (SSSR count). The van der Waals surface area contributed by atoms with Crippen molar-refractivity contribution in [3.8, 4) is 5.75 Å². The quantitative estimate of drug-likeness (QED) is 0.652. The van der Waals surface area contributed by atoms with E-state index in [4.69, 9.17) is 0 Å². The van der Waals surface area contributed by atoms with E-state index in [0.29, 0.717) is 32.7 Å². The predicted octanol–water partition coefficient (Wildman–Crippen LogP) is 1.18. The maximum absolute atomic E-state index is 12.6. The molecule has 0 atom stereocenters. The number of aliphatic hydroxyl groups is 1.